The van der Waals surface area contributed by atoms with Crippen LogP contribution in [0.1, 0.15) is 12.5 Å². The second-order valence-corrected chi connectivity index (χ2v) is 9.41. The van der Waals surface area contributed by atoms with Crippen LogP contribution in [0.15, 0.2) is 35.5 Å². The molecule has 1 N–H and O–H groups in total. The predicted molar refractivity (Wildman–Crippen MR) is 112 cm³/mol. The first-order chi connectivity index (χ1) is 14.8. The fraction of sp³-hybridized carbons (Fsp3) is 0.368. The third-order valence-corrected chi connectivity index (χ3v) is 6.87. The van der Waals surface area contributed by atoms with Crippen molar-refractivity contribution in [2.45, 2.75) is 19.0 Å². The lowest BCUT2D eigenvalue weighted by atomic mass is 10.2. The summed E-state index contributed by atoms with van der Waals surface area (Å²) >= 11 is 0. The van der Waals surface area contributed by atoms with Gasteiger partial charge in [0.1, 0.15) is 18.3 Å². The van der Waals surface area contributed by atoms with E-state index in [1.54, 1.807) is 18.2 Å². The number of anilines is 1. The summed E-state index contributed by atoms with van der Waals surface area (Å²) < 4.78 is 36.5. The summed E-state index contributed by atoms with van der Waals surface area (Å²) in [6, 6.07) is 4.58. The Morgan fingerprint density at radius 2 is 2.03 bits per heavy atom. The number of carbonyl (C=O) groups is 1. The molecule has 164 valence electrons. The Labute approximate surface area is 177 Å². The maximum absolute atomic E-state index is 12.8. The largest absolute Gasteiger partial charge is 0.493 e. The zero-order chi connectivity index (χ0) is 22.2. The molecule has 0 aliphatic carbocycles. The van der Waals surface area contributed by atoms with Crippen molar-refractivity contribution in [3.63, 3.8) is 0 Å². The Balaban J connectivity index is 1.53. The van der Waals surface area contributed by atoms with Crippen molar-refractivity contribution in [1.82, 2.24) is 19.3 Å². The molecule has 2 aromatic heterocycles. The molecule has 1 aromatic carbocycles. The van der Waals surface area contributed by atoms with Gasteiger partial charge in [0, 0.05) is 11.8 Å². The zero-order valence-electron chi connectivity index (χ0n) is 16.9. The average Bonchev–Trinajstić information content (AvgIpc) is 3.33. The molecule has 1 amide bonds. The van der Waals surface area contributed by atoms with Crippen LogP contribution in [0.5, 0.6) is 11.5 Å². The third kappa shape index (κ3) is 4.10. The minimum atomic E-state index is -3.11. The van der Waals surface area contributed by atoms with Crippen LogP contribution in [0.25, 0.3) is 11.0 Å². The quantitative estimate of drug-likeness (QED) is 0.581. The van der Waals surface area contributed by atoms with Crippen molar-refractivity contribution < 1.29 is 22.7 Å². The van der Waals surface area contributed by atoms with Crippen LogP contribution in [0.3, 0.4) is 0 Å². The molecular formula is C19H21N5O6S. The number of methoxy groups -OCH3 is 2. The van der Waals surface area contributed by atoms with Gasteiger partial charge < -0.3 is 14.8 Å². The highest BCUT2D eigenvalue weighted by molar-refractivity contribution is 7.91. The van der Waals surface area contributed by atoms with Gasteiger partial charge in [0.2, 0.25) is 5.91 Å². The van der Waals surface area contributed by atoms with Gasteiger partial charge in [-0.2, -0.15) is 5.10 Å². The monoisotopic (exact) mass is 447 g/mol. The average molecular weight is 447 g/mol. The van der Waals surface area contributed by atoms with Crippen LogP contribution in [-0.4, -0.2) is 59.4 Å². The van der Waals surface area contributed by atoms with Crippen molar-refractivity contribution in [3.05, 3.63) is 41.1 Å². The number of nitrogens with one attached hydrogen (secondary N) is 1. The van der Waals surface area contributed by atoms with Crippen LogP contribution >= 0.6 is 0 Å². The summed E-state index contributed by atoms with van der Waals surface area (Å²) in [5, 5.41) is 7.11. The van der Waals surface area contributed by atoms with Crippen molar-refractivity contribution in [3.8, 4) is 11.5 Å². The summed E-state index contributed by atoms with van der Waals surface area (Å²) in [7, 11) is -0.101. The van der Waals surface area contributed by atoms with E-state index in [2.05, 4.69) is 15.4 Å². The Morgan fingerprint density at radius 1 is 1.26 bits per heavy atom. The Kier molecular flexibility index (Phi) is 5.39. The smallest absolute Gasteiger partial charge is 0.264 e. The molecule has 0 saturated carbocycles. The summed E-state index contributed by atoms with van der Waals surface area (Å²) in [5.41, 5.74) is 0.364. The molecule has 0 spiro atoms. The highest BCUT2D eigenvalue weighted by Gasteiger charge is 2.31. The lowest BCUT2D eigenvalue weighted by Crippen LogP contribution is -2.28. The molecule has 4 rings (SSSR count). The number of nitrogens with zero attached hydrogens (tertiary/aromatic N) is 4. The van der Waals surface area contributed by atoms with Crippen molar-refractivity contribution >= 4 is 32.5 Å². The van der Waals surface area contributed by atoms with Crippen LogP contribution in [0.4, 0.5) is 5.69 Å². The standard InChI is InChI=1S/C19H21N5O6S/c1-29-15-4-3-12(7-16(15)30-2)22-17(25)9-23-11-20-18-14(19(23)26)8-21-24(18)13-5-6-31(27,28)10-13/h3-4,7-8,11,13H,5-6,9-10H2,1-2H3,(H,22,25)/t13-/m0/s1. The molecule has 3 aromatic rings. The number of benzene rings is 1. The van der Waals surface area contributed by atoms with E-state index in [-0.39, 0.29) is 29.5 Å². The normalized spacial score (nSPS) is 17.5. The summed E-state index contributed by atoms with van der Waals surface area (Å²) in [6.07, 6.45) is 3.05. The summed E-state index contributed by atoms with van der Waals surface area (Å²) in [5.74, 6) is 0.624. The number of aromatic nitrogens is 4. The molecular weight excluding hydrogens is 426 g/mol. The molecule has 1 aliphatic heterocycles. The second-order valence-electron chi connectivity index (χ2n) is 7.18. The molecule has 12 heteroatoms. The Bertz CT molecular complexity index is 1310. The van der Waals surface area contributed by atoms with Gasteiger partial charge in [0.25, 0.3) is 5.56 Å². The number of amides is 1. The van der Waals surface area contributed by atoms with Crippen molar-refractivity contribution in [2.75, 3.05) is 31.0 Å². The van der Waals surface area contributed by atoms with Crippen molar-refractivity contribution in [1.29, 1.82) is 0 Å². The second kappa shape index (κ2) is 8.02. The topological polar surface area (TPSA) is 134 Å². The molecule has 0 radical (unpaired) electrons. The molecule has 1 saturated heterocycles. The van der Waals surface area contributed by atoms with Gasteiger partial charge in [-0.3, -0.25) is 14.2 Å². The lowest BCUT2D eigenvalue weighted by Gasteiger charge is -2.12. The Hall–Kier alpha value is -3.41. The van der Waals surface area contributed by atoms with Crippen LogP contribution < -0.4 is 20.3 Å². The SMILES string of the molecule is COc1ccc(NC(=O)Cn2cnc3c(cnn3[C@H]3CCS(=O)(=O)C3)c2=O)cc1OC. The maximum Gasteiger partial charge on any atom is 0.264 e. The van der Waals surface area contributed by atoms with E-state index in [9.17, 15) is 18.0 Å². The van der Waals surface area contributed by atoms with E-state index >= 15 is 0 Å². The molecule has 0 unspecified atom stereocenters. The van der Waals surface area contributed by atoms with Gasteiger partial charge in [-0.05, 0) is 18.6 Å². The van der Waals surface area contributed by atoms with Crippen LogP contribution in [-0.2, 0) is 21.2 Å². The van der Waals surface area contributed by atoms with Gasteiger partial charge in [-0.1, -0.05) is 0 Å². The number of hydrogen-bond donors (Lipinski definition) is 1. The lowest BCUT2D eigenvalue weighted by molar-refractivity contribution is -0.116. The number of sulfone groups is 1. The number of fused-ring (bicyclic) bond motifs is 1. The third-order valence-electron chi connectivity index (χ3n) is 5.12. The summed E-state index contributed by atoms with van der Waals surface area (Å²) in [4.78, 5) is 29.5. The van der Waals surface area contributed by atoms with E-state index in [1.807, 2.05) is 0 Å². The molecule has 1 fully saturated rings. The van der Waals surface area contributed by atoms with E-state index in [0.717, 1.165) is 0 Å². The number of rotatable bonds is 6. The first kappa shape index (κ1) is 20.8. The first-order valence-electron chi connectivity index (χ1n) is 9.46. The van der Waals surface area contributed by atoms with E-state index < -0.39 is 21.3 Å². The fourth-order valence-electron chi connectivity index (χ4n) is 3.58. The number of ether oxygens (including phenoxy) is 2. The van der Waals surface area contributed by atoms with E-state index in [1.165, 1.54) is 36.0 Å². The van der Waals surface area contributed by atoms with Gasteiger partial charge in [0.15, 0.2) is 27.0 Å². The molecule has 1 aliphatic rings. The molecule has 11 nitrogen and oxygen atoms in total. The van der Waals surface area contributed by atoms with Crippen molar-refractivity contribution in [2.24, 2.45) is 0 Å². The van der Waals surface area contributed by atoms with Gasteiger partial charge in [-0.15, -0.1) is 0 Å². The molecule has 0 bridgehead atoms. The highest BCUT2D eigenvalue weighted by atomic mass is 32.2. The number of hydrogen-bond acceptors (Lipinski definition) is 8. The Morgan fingerprint density at radius 3 is 2.71 bits per heavy atom. The van der Waals surface area contributed by atoms with Crippen LogP contribution in [0.2, 0.25) is 0 Å². The van der Waals surface area contributed by atoms with E-state index in [0.29, 0.717) is 29.3 Å². The van der Waals surface area contributed by atoms with Crippen LogP contribution in [0, 0.1) is 0 Å². The minimum absolute atomic E-state index is 0.0255. The highest BCUT2D eigenvalue weighted by Crippen LogP contribution is 2.29. The predicted octanol–water partition coefficient (Wildman–Crippen LogP) is 0.608. The van der Waals surface area contributed by atoms with E-state index in [4.69, 9.17) is 9.47 Å². The minimum Gasteiger partial charge on any atom is -0.493 e. The zero-order valence-corrected chi connectivity index (χ0v) is 17.8. The van der Waals surface area contributed by atoms with Gasteiger partial charge in [0.05, 0.1) is 38.0 Å². The number of carbonyl (C=O) groups excluding carboxylic acids is 1. The first-order valence-corrected chi connectivity index (χ1v) is 11.3. The maximum atomic E-state index is 12.8. The fourth-order valence-corrected chi connectivity index (χ4v) is 5.28. The molecule has 3 heterocycles. The van der Waals surface area contributed by atoms with Gasteiger partial charge in [-0.25, -0.2) is 18.1 Å². The molecule has 31 heavy (non-hydrogen) atoms. The van der Waals surface area contributed by atoms with Gasteiger partial charge >= 0.3 is 0 Å². The molecule has 1 atom stereocenters. The summed E-state index contributed by atoms with van der Waals surface area (Å²) in [6.45, 7) is -0.251.